The fourth-order valence-corrected chi connectivity index (χ4v) is 2.77. The Morgan fingerprint density at radius 3 is 2.89 bits per heavy atom. The van der Waals surface area contributed by atoms with E-state index in [1.54, 1.807) is 0 Å². The number of aliphatic hydroxyl groups is 1. The molecule has 0 bridgehead atoms. The molecule has 1 aliphatic heterocycles. The van der Waals surface area contributed by atoms with Crippen LogP contribution in [0.5, 0.6) is 0 Å². The lowest BCUT2D eigenvalue weighted by Gasteiger charge is -2.36. The molecule has 1 fully saturated rings. The van der Waals surface area contributed by atoms with Crippen LogP contribution in [0.2, 0.25) is 0 Å². The molecule has 2 N–H and O–H groups in total. The smallest absolute Gasteiger partial charge is 0.303 e. The van der Waals surface area contributed by atoms with Gasteiger partial charge in [0.2, 0.25) is 0 Å². The molecule has 3 atom stereocenters. The number of ether oxygens (including phenoxy) is 1. The van der Waals surface area contributed by atoms with Crippen LogP contribution in [0.4, 0.5) is 0 Å². The van der Waals surface area contributed by atoms with E-state index in [1.807, 2.05) is 13.8 Å². The molecule has 1 saturated heterocycles. The SMILES string of the molecule is CCOCC(O)CN1CCCC(C(C)CC(=O)O)C1. The zero-order chi connectivity index (χ0) is 14.3. The average molecular weight is 273 g/mol. The summed E-state index contributed by atoms with van der Waals surface area (Å²) in [6, 6.07) is 0. The number of aliphatic hydroxyl groups excluding tert-OH is 1. The third-order valence-corrected chi connectivity index (χ3v) is 3.83. The van der Waals surface area contributed by atoms with Crippen molar-refractivity contribution < 1.29 is 19.7 Å². The highest BCUT2D eigenvalue weighted by atomic mass is 16.5. The number of carbonyl (C=O) groups is 1. The standard InChI is InChI=1S/C14H27NO4/c1-3-19-10-13(16)9-15-6-4-5-12(8-15)11(2)7-14(17)18/h11-13,16H,3-10H2,1-2H3,(H,17,18). The number of aliphatic carboxylic acids is 1. The molecule has 0 aliphatic carbocycles. The van der Waals surface area contributed by atoms with Crippen molar-refractivity contribution in [2.75, 3.05) is 32.8 Å². The highest BCUT2D eigenvalue weighted by Gasteiger charge is 2.26. The molecule has 5 heteroatoms. The maximum absolute atomic E-state index is 10.8. The summed E-state index contributed by atoms with van der Waals surface area (Å²) in [5.74, 6) is -0.102. The molecule has 3 unspecified atom stereocenters. The molecule has 1 aliphatic rings. The lowest BCUT2D eigenvalue weighted by atomic mass is 9.84. The molecule has 0 aromatic heterocycles. The van der Waals surface area contributed by atoms with E-state index in [0.717, 1.165) is 25.9 Å². The largest absolute Gasteiger partial charge is 0.481 e. The molecular formula is C14H27NO4. The first-order valence-corrected chi connectivity index (χ1v) is 7.22. The van der Waals surface area contributed by atoms with Crippen molar-refractivity contribution in [3.05, 3.63) is 0 Å². The third kappa shape index (κ3) is 6.36. The van der Waals surface area contributed by atoms with Gasteiger partial charge in [-0.25, -0.2) is 0 Å². The molecule has 5 nitrogen and oxygen atoms in total. The second kappa shape index (κ2) is 8.51. The number of likely N-dealkylation sites (tertiary alicyclic amines) is 1. The molecular weight excluding hydrogens is 246 g/mol. The van der Waals surface area contributed by atoms with Gasteiger partial charge in [0.1, 0.15) is 0 Å². The number of carboxylic acids is 1. The third-order valence-electron chi connectivity index (χ3n) is 3.83. The monoisotopic (exact) mass is 273 g/mol. The van der Waals surface area contributed by atoms with Crippen LogP contribution >= 0.6 is 0 Å². The Morgan fingerprint density at radius 1 is 1.53 bits per heavy atom. The van der Waals surface area contributed by atoms with E-state index in [0.29, 0.717) is 25.7 Å². The van der Waals surface area contributed by atoms with E-state index < -0.39 is 12.1 Å². The van der Waals surface area contributed by atoms with Crippen LogP contribution in [0.25, 0.3) is 0 Å². The Balaban J connectivity index is 2.34. The van der Waals surface area contributed by atoms with Gasteiger partial charge in [-0.05, 0) is 38.1 Å². The molecule has 0 aromatic rings. The molecule has 1 rings (SSSR count). The quantitative estimate of drug-likeness (QED) is 0.695. The predicted octanol–water partition coefficient (Wildman–Crippen LogP) is 1.21. The van der Waals surface area contributed by atoms with Crippen molar-refractivity contribution >= 4 is 5.97 Å². The minimum Gasteiger partial charge on any atom is -0.481 e. The Kier molecular flexibility index (Phi) is 7.34. The van der Waals surface area contributed by atoms with Gasteiger partial charge >= 0.3 is 5.97 Å². The van der Waals surface area contributed by atoms with Crippen molar-refractivity contribution in [3.63, 3.8) is 0 Å². The summed E-state index contributed by atoms with van der Waals surface area (Å²) in [5.41, 5.74) is 0. The zero-order valence-corrected chi connectivity index (χ0v) is 12.0. The lowest BCUT2D eigenvalue weighted by molar-refractivity contribution is -0.138. The summed E-state index contributed by atoms with van der Waals surface area (Å²) in [7, 11) is 0. The van der Waals surface area contributed by atoms with Crippen LogP contribution < -0.4 is 0 Å². The summed E-state index contributed by atoms with van der Waals surface area (Å²) in [6.45, 7) is 7.42. The summed E-state index contributed by atoms with van der Waals surface area (Å²) in [6.07, 6.45) is 1.95. The van der Waals surface area contributed by atoms with Gasteiger partial charge in [-0.1, -0.05) is 6.92 Å². The van der Waals surface area contributed by atoms with E-state index in [4.69, 9.17) is 9.84 Å². The van der Waals surface area contributed by atoms with Crippen LogP contribution in [0.3, 0.4) is 0 Å². The molecule has 0 radical (unpaired) electrons. The van der Waals surface area contributed by atoms with Gasteiger partial charge in [-0.3, -0.25) is 4.79 Å². The number of piperidine rings is 1. The van der Waals surface area contributed by atoms with Crippen molar-refractivity contribution in [2.24, 2.45) is 11.8 Å². The predicted molar refractivity (Wildman–Crippen MR) is 73.1 cm³/mol. The number of nitrogens with zero attached hydrogens (tertiary/aromatic N) is 1. The number of hydrogen-bond acceptors (Lipinski definition) is 4. The highest BCUT2D eigenvalue weighted by Crippen LogP contribution is 2.26. The average Bonchev–Trinajstić information content (AvgIpc) is 2.36. The highest BCUT2D eigenvalue weighted by molar-refractivity contribution is 5.66. The topological polar surface area (TPSA) is 70.0 Å². The Hall–Kier alpha value is -0.650. The Morgan fingerprint density at radius 2 is 2.26 bits per heavy atom. The lowest BCUT2D eigenvalue weighted by Crippen LogP contribution is -2.43. The van der Waals surface area contributed by atoms with Gasteiger partial charge < -0.3 is 19.8 Å². The molecule has 1 heterocycles. The van der Waals surface area contributed by atoms with Gasteiger partial charge in [0, 0.05) is 26.1 Å². The minimum atomic E-state index is -0.721. The van der Waals surface area contributed by atoms with Gasteiger partial charge in [0.05, 0.1) is 12.7 Å². The van der Waals surface area contributed by atoms with E-state index in [9.17, 15) is 9.90 Å². The summed E-state index contributed by atoms with van der Waals surface area (Å²) < 4.78 is 5.21. The normalized spacial score (nSPS) is 24.1. The fraction of sp³-hybridized carbons (Fsp3) is 0.929. The van der Waals surface area contributed by atoms with Gasteiger partial charge in [-0.15, -0.1) is 0 Å². The van der Waals surface area contributed by atoms with Gasteiger partial charge in [0.25, 0.3) is 0 Å². The van der Waals surface area contributed by atoms with Crippen molar-refractivity contribution in [1.82, 2.24) is 4.90 Å². The zero-order valence-electron chi connectivity index (χ0n) is 12.0. The maximum atomic E-state index is 10.8. The van der Waals surface area contributed by atoms with Crippen LogP contribution in [0, 0.1) is 11.8 Å². The van der Waals surface area contributed by atoms with E-state index in [2.05, 4.69) is 4.90 Å². The second-order valence-electron chi connectivity index (χ2n) is 5.55. The first-order valence-electron chi connectivity index (χ1n) is 7.22. The van der Waals surface area contributed by atoms with Crippen LogP contribution in [-0.2, 0) is 9.53 Å². The minimum absolute atomic E-state index is 0.198. The van der Waals surface area contributed by atoms with Crippen molar-refractivity contribution in [2.45, 2.75) is 39.2 Å². The molecule has 0 spiro atoms. The van der Waals surface area contributed by atoms with Crippen molar-refractivity contribution in [3.8, 4) is 0 Å². The van der Waals surface area contributed by atoms with E-state index >= 15 is 0 Å². The van der Waals surface area contributed by atoms with Gasteiger partial charge in [0.15, 0.2) is 0 Å². The number of hydrogen-bond donors (Lipinski definition) is 2. The molecule has 19 heavy (non-hydrogen) atoms. The summed E-state index contributed by atoms with van der Waals surface area (Å²) in [5, 5.41) is 18.7. The molecule has 0 saturated carbocycles. The number of rotatable bonds is 8. The first-order chi connectivity index (χ1) is 9.02. The number of β-amino-alcohol motifs (C(OH)–C–C–N with tert-alkyl or cyclic N) is 1. The summed E-state index contributed by atoms with van der Waals surface area (Å²) >= 11 is 0. The fourth-order valence-electron chi connectivity index (χ4n) is 2.77. The second-order valence-corrected chi connectivity index (χ2v) is 5.55. The maximum Gasteiger partial charge on any atom is 0.303 e. The van der Waals surface area contributed by atoms with E-state index in [-0.39, 0.29) is 12.3 Å². The number of carboxylic acid groups (broad SMARTS) is 1. The molecule has 0 aromatic carbocycles. The Bertz CT molecular complexity index is 272. The first kappa shape index (κ1) is 16.4. The molecule has 112 valence electrons. The van der Waals surface area contributed by atoms with Gasteiger partial charge in [-0.2, -0.15) is 0 Å². The van der Waals surface area contributed by atoms with Crippen LogP contribution in [0.15, 0.2) is 0 Å². The molecule has 0 amide bonds. The van der Waals surface area contributed by atoms with E-state index in [1.165, 1.54) is 0 Å². The summed E-state index contributed by atoms with van der Waals surface area (Å²) in [4.78, 5) is 13.0. The Labute approximate surface area is 115 Å². The van der Waals surface area contributed by atoms with Crippen LogP contribution in [0.1, 0.15) is 33.1 Å². The van der Waals surface area contributed by atoms with Crippen LogP contribution in [-0.4, -0.2) is 60.0 Å². The van der Waals surface area contributed by atoms with Crippen molar-refractivity contribution in [1.29, 1.82) is 0 Å².